The van der Waals surface area contributed by atoms with E-state index in [1.165, 1.54) is 17.0 Å². The van der Waals surface area contributed by atoms with Crippen LogP contribution in [0, 0.1) is 11.7 Å². The lowest BCUT2D eigenvalue weighted by Gasteiger charge is -2.32. The second-order valence-corrected chi connectivity index (χ2v) is 8.07. The fourth-order valence-corrected chi connectivity index (χ4v) is 3.20. The molecule has 0 fully saturated rings. The first-order chi connectivity index (χ1) is 14.2. The van der Waals surface area contributed by atoms with Crippen LogP contribution >= 0.6 is 0 Å². The summed E-state index contributed by atoms with van der Waals surface area (Å²) in [6.45, 7) is 8.96. The van der Waals surface area contributed by atoms with E-state index in [2.05, 4.69) is 19.2 Å². The molecule has 2 rings (SSSR count). The van der Waals surface area contributed by atoms with Crippen molar-refractivity contribution in [3.63, 3.8) is 0 Å². The first kappa shape index (κ1) is 23.4. The SMILES string of the molecule is CC[C@@H](C)N(CC(=O)N(Cc1cccn1C)CC(C)C)C(=O)Nc1ccccc1F. The van der Waals surface area contributed by atoms with E-state index in [0.29, 0.717) is 25.4 Å². The summed E-state index contributed by atoms with van der Waals surface area (Å²) in [6, 6.07) is 9.29. The van der Waals surface area contributed by atoms with E-state index in [1.807, 2.05) is 43.8 Å². The smallest absolute Gasteiger partial charge is 0.322 e. The molecular formula is C23H33FN4O2. The van der Waals surface area contributed by atoms with Gasteiger partial charge in [0.1, 0.15) is 12.4 Å². The number of hydrogen-bond donors (Lipinski definition) is 1. The molecule has 1 atom stereocenters. The molecule has 1 N–H and O–H groups in total. The van der Waals surface area contributed by atoms with Gasteiger partial charge in [-0.1, -0.05) is 32.9 Å². The van der Waals surface area contributed by atoms with Crippen LogP contribution in [0.4, 0.5) is 14.9 Å². The number of carbonyl (C=O) groups is 2. The first-order valence-electron chi connectivity index (χ1n) is 10.4. The van der Waals surface area contributed by atoms with E-state index in [1.54, 1.807) is 17.0 Å². The number of aromatic nitrogens is 1. The van der Waals surface area contributed by atoms with Gasteiger partial charge >= 0.3 is 6.03 Å². The van der Waals surface area contributed by atoms with Crippen LogP contribution in [0.1, 0.15) is 39.8 Å². The maximum atomic E-state index is 14.0. The summed E-state index contributed by atoms with van der Waals surface area (Å²) in [5, 5.41) is 2.60. The number of amides is 3. The summed E-state index contributed by atoms with van der Waals surface area (Å²) in [7, 11) is 1.95. The molecule has 2 aromatic rings. The topological polar surface area (TPSA) is 57.6 Å². The van der Waals surface area contributed by atoms with Crippen molar-refractivity contribution in [3.8, 4) is 0 Å². The van der Waals surface area contributed by atoms with Crippen molar-refractivity contribution in [1.29, 1.82) is 0 Å². The summed E-state index contributed by atoms with van der Waals surface area (Å²) in [5.74, 6) is -0.348. The minimum Gasteiger partial charge on any atom is -0.353 e. The zero-order valence-electron chi connectivity index (χ0n) is 18.6. The molecule has 7 heteroatoms. The van der Waals surface area contributed by atoms with Gasteiger partial charge < -0.3 is 19.7 Å². The van der Waals surface area contributed by atoms with Crippen LogP contribution in [0.5, 0.6) is 0 Å². The van der Waals surface area contributed by atoms with Gasteiger partial charge in [-0.05, 0) is 43.5 Å². The van der Waals surface area contributed by atoms with Gasteiger partial charge in [0.25, 0.3) is 0 Å². The molecule has 1 aromatic heterocycles. The predicted molar refractivity (Wildman–Crippen MR) is 118 cm³/mol. The third-order valence-electron chi connectivity index (χ3n) is 5.15. The van der Waals surface area contributed by atoms with E-state index in [-0.39, 0.29) is 24.2 Å². The van der Waals surface area contributed by atoms with Crippen LogP contribution in [-0.4, -0.2) is 45.4 Å². The molecule has 3 amide bonds. The molecule has 30 heavy (non-hydrogen) atoms. The summed E-state index contributed by atoms with van der Waals surface area (Å²) in [4.78, 5) is 29.3. The highest BCUT2D eigenvalue weighted by Gasteiger charge is 2.26. The number of aryl methyl sites for hydroxylation is 1. The molecule has 6 nitrogen and oxygen atoms in total. The largest absolute Gasteiger partial charge is 0.353 e. The lowest BCUT2D eigenvalue weighted by Crippen LogP contribution is -2.48. The molecular weight excluding hydrogens is 383 g/mol. The Morgan fingerprint density at radius 1 is 1.13 bits per heavy atom. The Hall–Kier alpha value is -2.83. The second kappa shape index (κ2) is 10.8. The number of urea groups is 1. The summed E-state index contributed by atoms with van der Waals surface area (Å²) >= 11 is 0. The van der Waals surface area contributed by atoms with Crippen LogP contribution in [0.15, 0.2) is 42.6 Å². The van der Waals surface area contributed by atoms with E-state index >= 15 is 0 Å². The first-order valence-corrected chi connectivity index (χ1v) is 10.4. The van der Waals surface area contributed by atoms with E-state index in [0.717, 1.165) is 5.69 Å². The number of benzene rings is 1. The molecule has 1 aromatic carbocycles. The van der Waals surface area contributed by atoms with E-state index < -0.39 is 11.8 Å². The molecule has 0 aliphatic heterocycles. The molecule has 0 aliphatic rings. The Balaban J connectivity index is 2.17. The van der Waals surface area contributed by atoms with Crippen LogP contribution in [0.2, 0.25) is 0 Å². The highest BCUT2D eigenvalue weighted by molar-refractivity contribution is 5.92. The highest BCUT2D eigenvalue weighted by atomic mass is 19.1. The number of halogens is 1. The summed E-state index contributed by atoms with van der Waals surface area (Å²) in [5.41, 5.74) is 1.13. The number of nitrogens with one attached hydrogen (secondary N) is 1. The predicted octanol–water partition coefficient (Wildman–Crippen LogP) is 4.48. The second-order valence-electron chi connectivity index (χ2n) is 8.07. The van der Waals surface area contributed by atoms with Gasteiger partial charge in [0.2, 0.25) is 5.91 Å². The Kier molecular flexibility index (Phi) is 8.45. The molecule has 0 bridgehead atoms. The monoisotopic (exact) mass is 416 g/mol. The molecule has 0 spiro atoms. The number of nitrogens with zero attached hydrogens (tertiary/aromatic N) is 3. The minimum atomic E-state index is -0.508. The van der Waals surface area contributed by atoms with Crippen molar-refractivity contribution in [2.75, 3.05) is 18.4 Å². The normalized spacial score (nSPS) is 12.0. The Morgan fingerprint density at radius 2 is 1.83 bits per heavy atom. The van der Waals surface area contributed by atoms with Gasteiger partial charge in [-0.3, -0.25) is 4.79 Å². The number of hydrogen-bond acceptors (Lipinski definition) is 2. The molecule has 0 radical (unpaired) electrons. The lowest BCUT2D eigenvalue weighted by molar-refractivity contribution is -0.133. The molecule has 0 aliphatic carbocycles. The van der Waals surface area contributed by atoms with Gasteiger partial charge in [-0.2, -0.15) is 0 Å². The summed E-state index contributed by atoms with van der Waals surface area (Å²) in [6.07, 6.45) is 2.63. The van der Waals surface area contributed by atoms with Crippen LogP contribution in [0.25, 0.3) is 0 Å². The fourth-order valence-electron chi connectivity index (χ4n) is 3.20. The van der Waals surface area contributed by atoms with Crippen LogP contribution in [-0.2, 0) is 18.4 Å². The van der Waals surface area contributed by atoms with Gasteiger partial charge in [0.15, 0.2) is 0 Å². The third-order valence-corrected chi connectivity index (χ3v) is 5.15. The molecule has 0 unspecified atom stereocenters. The zero-order valence-corrected chi connectivity index (χ0v) is 18.6. The Morgan fingerprint density at radius 3 is 2.40 bits per heavy atom. The van der Waals surface area contributed by atoms with Crippen molar-refractivity contribution in [2.45, 2.75) is 46.7 Å². The average molecular weight is 417 g/mol. The Bertz CT molecular complexity index is 849. The maximum absolute atomic E-state index is 14.0. The van der Waals surface area contributed by atoms with Crippen molar-refractivity contribution in [2.24, 2.45) is 13.0 Å². The maximum Gasteiger partial charge on any atom is 0.322 e. The fraction of sp³-hybridized carbons (Fsp3) is 0.478. The molecule has 0 saturated heterocycles. The van der Waals surface area contributed by atoms with Crippen molar-refractivity contribution in [1.82, 2.24) is 14.4 Å². The van der Waals surface area contributed by atoms with E-state index in [9.17, 15) is 14.0 Å². The standard InChI is InChI=1S/C23H33FN4O2/c1-6-18(4)28(23(30)25-21-12-8-7-11-20(21)24)16-22(29)27(14-17(2)3)15-19-10-9-13-26(19)5/h7-13,17-18H,6,14-16H2,1-5H3,(H,25,30)/t18-/m1/s1. The van der Waals surface area contributed by atoms with Gasteiger partial charge in [-0.25, -0.2) is 9.18 Å². The minimum absolute atomic E-state index is 0.0631. The molecule has 164 valence electrons. The third kappa shape index (κ3) is 6.34. The lowest BCUT2D eigenvalue weighted by atomic mass is 10.2. The van der Waals surface area contributed by atoms with Gasteiger partial charge in [0, 0.05) is 31.5 Å². The van der Waals surface area contributed by atoms with Crippen LogP contribution < -0.4 is 5.32 Å². The van der Waals surface area contributed by atoms with Crippen molar-refractivity contribution < 1.29 is 14.0 Å². The van der Waals surface area contributed by atoms with E-state index in [4.69, 9.17) is 0 Å². The van der Waals surface area contributed by atoms with Crippen molar-refractivity contribution in [3.05, 3.63) is 54.1 Å². The quantitative estimate of drug-likeness (QED) is 0.655. The summed E-state index contributed by atoms with van der Waals surface area (Å²) < 4.78 is 16.0. The number of rotatable bonds is 9. The van der Waals surface area contributed by atoms with Crippen LogP contribution in [0.3, 0.4) is 0 Å². The molecule has 1 heterocycles. The number of carbonyl (C=O) groups excluding carboxylic acids is 2. The van der Waals surface area contributed by atoms with Gasteiger partial charge in [0.05, 0.1) is 12.2 Å². The zero-order chi connectivity index (χ0) is 22.3. The van der Waals surface area contributed by atoms with Gasteiger partial charge in [-0.15, -0.1) is 0 Å². The Labute approximate surface area is 178 Å². The average Bonchev–Trinajstić information content (AvgIpc) is 3.10. The number of anilines is 1. The molecule has 0 saturated carbocycles. The number of para-hydroxylation sites is 1. The van der Waals surface area contributed by atoms with Crippen molar-refractivity contribution >= 4 is 17.6 Å². The highest BCUT2D eigenvalue weighted by Crippen LogP contribution is 2.16.